The topological polar surface area (TPSA) is 65.1 Å². The Bertz CT molecular complexity index is 458. The van der Waals surface area contributed by atoms with E-state index in [0.29, 0.717) is 11.3 Å². The Hall–Kier alpha value is -1.73. The molecule has 1 aliphatic rings. The van der Waals surface area contributed by atoms with Crippen molar-refractivity contribution in [2.75, 3.05) is 31.2 Å². The molecule has 4 nitrogen and oxygen atoms in total. The number of nitrogen functional groups attached to an aromatic ring is 1. The molecule has 0 radical (unpaired) electrons. The van der Waals surface area contributed by atoms with Gasteiger partial charge in [-0.1, -0.05) is 12.8 Å². The Morgan fingerprint density at radius 1 is 1.42 bits per heavy atom. The van der Waals surface area contributed by atoms with Gasteiger partial charge in [-0.05, 0) is 38.1 Å². The summed E-state index contributed by atoms with van der Waals surface area (Å²) >= 11 is 0. The van der Waals surface area contributed by atoms with Crippen molar-refractivity contribution in [1.29, 1.82) is 5.26 Å². The van der Waals surface area contributed by atoms with Gasteiger partial charge in [-0.2, -0.15) is 5.26 Å². The van der Waals surface area contributed by atoms with Crippen LogP contribution >= 0.6 is 0 Å². The van der Waals surface area contributed by atoms with Crippen molar-refractivity contribution < 1.29 is 0 Å². The molecule has 19 heavy (non-hydrogen) atoms. The highest BCUT2D eigenvalue weighted by Gasteiger charge is 2.18. The minimum Gasteiger partial charge on any atom is -0.397 e. The molecule has 1 fully saturated rings. The van der Waals surface area contributed by atoms with Gasteiger partial charge in [0.15, 0.2) is 0 Å². The molecule has 3 N–H and O–H groups in total. The Morgan fingerprint density at radius 3 is 2.84 bits per heavy atom. The molecule has 0 atom stereocenters. The van der Waals surface area contributed by atoms with E-state index in [4.69, 9.17) is 11.0 Å². The van der Waals surface area contributed by atoms with Crippen LogP contribution < -0.4 is 11.1 Å². The first-order valence-corrected chi connectivity index (χ1v) is 6.94. The number of anilines is 2. The summed E-state index contributed by atoms with van der Waals surface area (Å²) in [6.07, 6.45) is 5.37. The van der Waals surface area contributed by atoms with Crippen LogP contribution in [0.5, 0.6) is 0 Å². The van der Waals surface area contributed by atoms with Gasteiger partial charge >= 0.3 is 0 Å². The first-order chi connectivity index (χ1) is 9.20. The summed E-state index contributed by atoms with van der Waals surface area (Å²) in [7, 11) is 2.19. The minimum absolute atomic E-state index is 0.640. The fourth-order valence-electron chi connectivity index (χ4n) is 2.67. The third kappa shape index (κ3) is 3.62. The van der Waals surface area contributed by atoms with Gasteiger partial charge in [-0.25, -0.2) is 0 Å². The number of hydrogen-bond acceptors (Lipinski definition) is 4. The third-order valence-electron chi connectivity index (χ3n) is 3.91. The molecule has 0 unspecified atom stereocenters. The lowest BCUT2D eigenvalue weighted by atomic mass is 10.2. The number of nitriles is 1. The van der Waals surface area contributed by atoms with E-state index in [2.05, 4.69) is 23.3 Å². The molecule has 0 spiro atoms. The van der Waals surface area contributed by atoms with Crippen molar-refractivity contribution in [1.82, 2.24) is 4.90 Å². The fraction of sp³-hybridized carbons (Fsp3) is 0.533. The van der Waals surface area contributed by atoms with Crippen LogP contribution in [0, 0.1) is 11.3 Å². The molecule has 1 aliphatic carbocycles. The third-order valence-corrected chi connectivity index (χ3v) is 3.91. The maximum atomic E-state index is 8.88. The smallest absolute Gasteiger partial charge is 0.0992 e. The number of nitrogens with zero attached hydrogens (tertiary/aromatic N) is 2. The van der Waals surface area contributed by atoms with E-state index < -0.39 is 0 Å². The van der Waals surface area contributed by atoms with Gasteiger partial charge in [0.05, 0.1) is 23.0 Å². The maximum absolute atomic E-state index is 8.88. The van der Waals surface area contributed by atoms with Crippen molar-refractivity contribution in [2.24, 2.45) is 0 Å². The molecule has 0 heterocycles. The van der Waals surface area contributed by atoms with E-state index in [-0.39, 0.29) is 0 Å². The van der Waals surface area contributed by atoms with Crippen LogP contribution in [0.1, 0.15) is 31.2 Å². The SMILES string of the molecule is CN(CCNc1cc(C#N)ccc1N)C1CCCC1. The van der Waals surface area contributed by atoms with Crippen molar-refractivity contribution in [3.63, 3.8) is 0 Å². The first-order valence-electron chi connectivity index (χ1n) is 6.94. The van der Waals surface area contributed by atoms with E-state index in [1.54, 1.807) is 12.1 Å². The molecular formula is C15H22N4. The second-order valence-corrected chi connectivity index (χ2v) is 5.26. The summed E-state index contributed by atoms with van der Waals surface area (Å²) in [6, 6.07) is 8.20. The molecule has 1 saturated carbocycles. The van der Waals surface area contributed by atoms with E-state index in [1.165, 1.54) is 25.7 Å². The molecule has 102 valence electrons. The van der Waals surface area contributed by atoms with E-state index in [9.17, 15) is 0 Å². The lowest BCUT2D eigenvalue weighted by molar-refractivity contribution is 0.254. The fourth-order valence-corrected chi connectivity index (χ4v) is 2.67. The normalized spacial score (nSPS) is 15.6. The molecule has 0 aromatic heterocycles. The number of likely N-dealkylation sites (N-methyl/N-ethyl adjacent to an activating group) is 1. The Morgan fingerprint density at radius 2 is 2.16 bits per heavy atom. The number of benzene rings is 1. The van der Waals surface area contributed by atoms with Gasteiger partial charge in [-0.15, -0.1) is 0 Å². The average Bonchev–Trinajstić information content (AvgIpc) is 2.95. The zero-order valence-corrected chi connectivity index (χ0v) is 11.5. The van der Waals surface area contributed by atoms with E-state index >= 15 is 0 Å². The summed E-state index contributed by atoms with van der Waals surface area (Å²) in [6.45, 7) is 1.85. The number of nitrogens with two attached hydrogens (primary N) is 1. The molecular weight excluding hydrogens is 236 g/mol. The zero-order chi connectivity index (χ0) is 13.7. The average molecular weight is 258 g/mol. The van der Waals surface area contributed by atoms with Crippen LogP contribution in [-0.4, -0.2) is 31.1 Å². The number of hydrogen-bond donors (Lipinski definition) is 2. The van der Waals surface area contributed by atoms with Gasteiger partial charge in [0.1, 0.15) is 0 Å². The second-order valence-electron chi connectivity index (χ2n) is 5.26. The van der Waals surface area contributed by atoms with Crippen LogP contribution in [0.25, 0.3) is 0 Å². The van der Waals surface area contributed by atoms with Gasteiger partial charge in [-0.3, -0.25) is 0 Å². The van der Waals surface area contributed by atoms with Crippen molar-refractivity contribution in [3.05, 3.63) is 23.8 Å². The summed E-state index contributed by atoms with van der Waals surface area (Å²) in [5, 5.41) is 12.2. The quantitative estimate of drug-likeness (QED) is 0.796. The predicted molar refractivity (Wildman–Crippen MR) is 78.9 cm³/mol. The molecule has 4 heteroatoms. The molecule has 0 saturated heterocycles. The molecule has 0 amide bonds. The van der Waals surface area contributed by atoms with E-state index in [1.807, 2.05) is 6.07 Å². The molecule has 0 aliphatic heterocycles. The highest BCUT2D eigenvalue weighted by Crippen LogP contribution is 2.22. The molecule has 1 aromatic rings. The van der Waals surface area contributed by atoms with Crippen LogP contribution in [-0.2, 0) is 0 Å². The molecule has 0 bridgehead atoms. The molecule has 1 aromatic carbocycles. The lowest BCUT2D eigenvalue weighted by Gasteiger charge is -2.24. The summed E-state index contributed by atoms with van der Waals surface area (Å²) in [4.78, 5) is 2.42. The Kier molecular flexibility index (Phi) is 4.64. The van der Waals surface area contributed by atoms with Crippen LogP contribution in [0.3, 0.4) is 0 Å². The maximum Gasteiger partial charge on any atom is 0.0992 e. The summed E-state index contributed by atoms with van der Waals surface area (Å²) in [5.74, 6) is 0. The Labute approximate surface area is 115 Å². The van der Waals surface area contributed by atoms with Crippen molar-refractivity contribution >= 4 is 11.4 Å². The van der Waals surface area contributed by atoms with Gasteiger partial charge in [0.25, 0.3) is 0 Å². The molecule has 2 rings (SSSR count). The summed E-state index contributed by atoms with van der Waals surface area (Å²) < 4.78 is 0. The van der Waals surface area contributed by atoms with Crippen LogP contribution in [0.15, 0.2) is 18.2 Å². The van der Waals surface area contributed by atoms with Gasteiger partial charge in [0, 0.05) is 19.1 Å². The number of nitrogens with one attached hydrogen (secondary N) is 1. The number of rotatable bonds is 5. The predicted octanol–water partition coefficient (Wildman–Crippen LogP) is 2.43. The monoisotopic (exact) mass is 258 g/mol. The van der Waals surface area contributed by atoms with Crippen LogP contribution in [0.4, 0.5) is 11.4 Å². The summed E-state index contributed by atoms with van der Waals surface area (Å²) in [5.41, 5.74) is 8.09. The van der Waals surface area contributed by atoms with Crippen LogP contribution in [0.2, 0.25) is 0 Å². The lowest BCUT2D eigenvalue weighted by Crippen LogP contribution is -2.33. The highest BCUT2D eigenvalue weighted by molar-refractivity contribution is 5.68. The van der Waals surface area contributed by atoms with Crippen molar-refractivity contribution in [2.45, 2.75) is 31.7 Å². The largest absolute Gasteiger partial charge is 0.397 e. The second kappa shape index (κ2) is 6.44. The van der Waals surface area contributed by atoms with Gasteiger partial charge < -0.3 is 16.0 Å². The highest BCUT2D eigenvalue weighted by atomic mass is 15.1. The zero-order valence-electron chi connectivity index (χ0n) is 11.5. The minimum atomic E-state index is 0.640. The first kappa shape index (κ1) is 13.7. The van der Waals surface area contributed by atoms with Gasteiger partial charge in [0.2, 0.25) is 0 Å². The Balaban J connectivity index is 1.83. The standard InChI is InChI=1S/C15H22N4/c1-19(13-4-2-3-5-13)9-8-18-15-10-12(11-16)6-7-14(15)17/h6-7,10,13,18H,2-5,8-9,17H2,1H3. The van der Waals surface area contributed by atoms with Crippen molar-refractivity contribution in [3.8, 4) is 6.07 Å². The van der Waals surface area contributed by atoms with E-state index in [0.717, 1.165) is 24.8 Å².